The fourth-order valence-corrected chi connectivity index (χ4v) is 8.05. The minimum absolute atomic E-state index is 0.00721. The van der Waals surface area contributed by atoms with Crippen molar-refractivity contribution in [3.8, 4) is 5.75 Å². The minimum Gasteiger partial charge on any atom is -0.481 e. The minimum atomic E-state index is -4.97. The van der Waals surface area contributed by atoms with E-state index >= 15 is 0 Å². The van der Waals surface area contributed by atoms with E-state index < -0.39 is 141 Å². The van der Waals surface area contributed by atoms with E-state index in [0.717, 1.165) is 0 Å². The highest BCUT2D eigenvalue weighted by Gasteiger charge is 2.35. The first kappa shape index (κ1) is 63.8. The van der Waals surface area contributed by atoms with E-state index in [1.165, 1.54) is 36.0 Å². The van der Waals surface area contributed by atoms with E-state index in [0.29, 0.717) is 5.56 Å². The Kier molecular flexibility index (Phi) is 27.6. The number of hydrogen-bond donors (Lipinski definition) is 14. The van der Waals surface area contributed by atoms with E-state index in [1.807, 2.05) is 0 Å². The van der Waals surface area contributed by atoms with Crippen LogP contribution in [0.2, 0.25) is 0 Å². The molecule has 1 aliphatic heterocycles. The monoisotopic (exact) mass is 1090 g/mol. The number of phosphoric acid groups is 1. The van der Waals surface area contributed by atoms with Gasteiger partial charge in [-0.3, -0.25) is 52.9 Å². The molecular weight excluding hydrogens is 1020 g/mol. The number of carbonyl (C=O) groups excluding carboxylic acids is 9. The molecule has 0 aliphatic carbocycles. The Hall–Kier alpha value is -6.35. The molecule has 74 heavy (non-hydrogen) atoms. The van der Waals surface area contributed by atoms with E-state index in [2.05, 4.69) is 52.4 Å². The Bertz CT molecular complexity index is 2180. The van der Waals surface area contributed by atoms with Crippen LogP contribution in [0.4, 0.5) is 4.79 Å². The first-order valence-electron chi connectivity index (χ1n) is 23.8. The number of carboxylic acid groups (broad SMARTS) is 2. The summed E-state index contributed by atoms with van der Waals surface area (Å²) in [7, 11) is -4.97. The summed E-state index contributed by atoms with van der Waals surface area (Å²) in [6.45, 7) is 5.67. The Morgan fingerprint density at radius 2 is 1.45 bits per heavy atom. The molecule has 29 heteroatoms. The fraction of sp³-hybridized carbons (Fsp3) is 0.622. The van der Waals surface area contributed by atoms with Gasteiger partial charge in [-0.15, -0.1) is 0 Å². The smallest absolute Gasteiger partial charge is 0.481 e. The van der Waals surface area contributed by atoms with Gasteiger partial charge in [0.2, 0.25) is 41.4 Å². The predicted octanol–water partition coefficient (Wildman–Crippen LogP) is -1.71. The molecule has 0 radical (unpaired) electrons. The number of rotatable bonds is 23. The summed E-state index contributed by atoms with van der Waals surface area (Å²) in [5.74, 6) is -10.1. The van der Waals surface area contributed by atoms with E-state index in [1.54, 1.807) is 34.0 Å². The summed E-state index contributed by atoms with van der Waals surface area (Å²) in [6.07, 6.45) is 0.240. The summed E-state index contributed by atoms with van der Waals surface area (Å²) in [6, 6.07) is -5.82. The van der Waals surface area contributed by atoms with Crippen LogP contribution in [0.5, 0.6) is 5.75 Å². The highest BCUT2D eigenvalue weighted by molar-refractivity contribution is 7.98. The molecule has 1 aromatic rings. The number of benzene rings is 1. The largest absolute Gasteiger partial charge is 0.524 e. The van der Waals surface area contributed by atoms with Crippen LogP contribution >= 0.6 is 19.6 Å². The topological polar surface area (TPSA) is 429 Å². The number of ketones is 1. The first-order valence-corrected chi connectivity index (χ1v) is 26.8. The Balaban J connectivity index is 2.62. The van der Waals surface area contributed by atoms with E-state index in [9.17, 15) is 72.2 Å². The lowest BCUT2D eigenvalue weighted by Gasteiger charge is -2.28. The number of nitrogens with two attached hydrogens (primary N) is 1. The molecule has 2 rings (SSSR count). The van der Waals surface area contributed by atoms with Gasteiger partial charge in [0.15, 0.2) is 5.78 Å². The molecule has 9 amide bonds. The summed E-state index contributed by atoms with van der Waals surface area (Å²) in [5.41, 5.74) is 6.03. The molecule has 0 saturated carbocycles. The standard InChI is InChI=1S/C45H71N10O17PS/c1-24(2)18-32(50-36(57)23-48-38(60)29(46)13-14-37(58)59)41(63)51-30-8-6-7-16-47-45(68)49-22-27(56)21-34(43(65)55-35(44(66)67)19-25(3)4)54-40(62)31(15-17-74-5)52-42(64)33(53-39(30)61)20-26-9-11-28(12-10-26)72-73(69,70)71/h9-12,24-25,29-35H,6-8,13-23,46H2,1-5H3,(H,48,60)(H,50,57)(H,51,63)(H,52,64)(H,53,61)(H,54,62)(H,55,65)(H,58,59)(H,66,67)(H2,47,49,68)(H2,69,70,71)/t29-,30-,31+,32-,33-,34+,35-/m0/s1. The predicted molar refractivity (Wildman–Crippen MR) is 267 cm³/mol. The third-order valence-corrected chi connectivity index (χ3v) is 12.0. The van der Waals surface area contributed by atoms with Gasteiger partial charge >= 0.3 is 25.8 Å². The van der Waals surface area contributed by atoms with Gasteiger partial charge in [0.05, 0.1) is 19.1 Å². The van der Waals surface area contributed by atoms with E-state index in [4.69, 9.17) is 10.8 Å². The molecule has 15 N–H and O–H groups in total. The van der Waals surface area contributed by atoms with Gasteiger partial charge in [-0.25, -0.2) is 14.2 Å². The molecule has 1 fully saturated rings. The first-order chi connectivity index (χ1) is 34.7. The lowest BCUT2D eigenvalue weighted by molar-refractivity contribution is -0.143. The van der Waals surface area contributed by atoms with Crippen LogP contribution in [0.15, 0.2) is 24.3 Å². The van der Waals surface area contributed by atoms with Crippen molar-refractivity contribution in [1.82, 2.24) is 47.9 Å². The molecule has 0 spiro atoms. The normalized spacial score (nSPS) is 19.9. The molecule has 0 bridgehead atoms. The second-order valence-corrected chi connectivity index (χ2v) is 20.5. The van der Waals surface area contributed by atoms with Crippen molar-refractivity contribution in [3.63, 3.8) is 0 Å². The maximum absolute atomic E-state index is 14.4. The third kappa shape index (κ3) is 25.5. The highest BCUT2D eigenvalue weighted by atomic mass is 32.2. The molecule has 0 aromatic heterocycles. The number of carboxylic acids is 2. The summed E-state index contributed by atoms with van der Waals surface area (Å²) in [4.78, 5) is 164. The molecule has 0 unspecified atom stereocenters. The number of nitrogens with one attached hydrogen (secondary N) is 9. The van der Waals surface area contributed by atoms with Crippen molar-refractivity contribution in [2.75, 3.05) is 31.6 Å². The number of hydrogen-bond acceptors (Lipinski definition) is 15. The van der Waals surface area contributed by atoms with Gasteiger partial charge < -0.3 is 68.3 Å². The van der Waals surface area contributed by atoms with Crippen LogP contribution in [0.3, 0.4) is 0 Å². The van der Waals surface area contributed by atoms with Gasteiger partial charge in [0.1, 0.15) is 42.0 Å². The van der Waals surface area contributed by atoms with E-state index in [-0.39, 0.29) is 81.2 Å². The number of carbonyl (C=O) groups is 11. The highest BCUT2D eigenvalue weighted by Crippen LogP contribution is 2.37. The summed E-state index contributed by atoms with van der Waals surface area (Å²) < 4.78 is 16.1. The summed E-state index contributed by atoms with van der Waals surface area (Å²) in [5, 5.41) is 41.1. The number of phosphoric ester groups is 1. The molecule has 1 heterocycles. The van der Waals surface area contributed by atoms with Gasteiger partial charge in [-0.2, -0.15) is 11.8 Å². The quantitative estimate of drug-likeness (QED) is 0.0543. The van der Waals surface area contributed by atoms with Crippen LogP contribution in [0.25, 0.3) is 0 Å². The SMILES string of the molecule is CSCC[C@H]1NC(=O)[C@H](Cc2ccc(OP(=O)(O)O)cc2)NC(=O)[C@@H](NC(=O)[C@H](CC(C)C)NC(=O)CNC(=O)[C@@H](N)CCC(=O)O)CCCCNC(=O)NCC(=O)C[C@H](C(=O)N[C@@H](CC(C)C)C(=O)O)NC1=O. The van der Waals surface area contributed by atoms with Gasteiger partial charge in [-0.1, -0.05) is 39.8 Å². The molecule has 1 aliphatic rings. The average molecular weight is 1090 g/mol. The fourth-order valence-electron chi connectivity index (χ4n) is 7.18. The molecular formula is C45H71N10O17PS. The zero-order valence-electron chi connectivity index (χ0n) is 41.9. The lowest BCUT2D eigenvalue weighted by Crippen LogP contribution is -2.60. The zero-order valence-corrected chi connectivity index (χ0v) is 43.6. The van der Waals surface area contributed by atoms with Crippen LogP contribution in [0, 0.1) is 11.8 Å². The maximum Gasteiger partial charge on any atom is 0.524 e. The lowest BCUT2D eigenvalue weighted by atomic mass is 10.0. The Morgan fingerprint density at radius 1 is 0.824 bits per heavy atom. The second kappa shape index (κ2) is 32.1. The van der Waals surface area contributed by atoms with Crippen LogP contribution in [-0.4, -0.2) is 159 Å². The number of aliphatic carboxylic acids is 2. The van der Waals surface area contributed by atoms with Crippen molar-refractivity contribution >= 4 is 84.7 Å². The molecule has 1 aromatic carbocycles. The molecule has 27 nitrogen and oxygen atoms in total. The van der Waals surface area contributed by atoms with Gasteiger partial charge in [-0.05, 0) is 86.5 Å². The van der Waals surface area contributed by atoms with Gasteiger partial charge in [0, 0.05) is 25.8 Å². The van der Waals surface area contributed by atoms with Crippen LogP contribution in [0.1, 0.15) is 91.0 Å². The molecule has 414 valence electrons. The molecule has 7 atom stereocenters. The molecule has 1 saturated heterocycles. The second-order valence-electron chi connectivity index (χ2n) is 18.3. The third-order valence-electron chi connectivity index (χ3n) is 10.9. The van der Waals surface area contributed by atoms with Crippen molar-refractivity contribution in [1.29, 1.82) is 0 Å². The summed E-state index contributed by atoms with van der Waals surface area (Å²) >= 11 is 1.28. The number of Topliss-reactive ketones (excluding diaryl/α,β-unsaturated/α-hetero) is 1. The van der Waals surface area contributed by atoms with Crippen molar-refractivity contribution in [3.05, 3.63) is 29.8 Å². The Labute approximate surface area is 432 Å². The van der Waals surface area contributed by atoms with Crippen molar-refractivity contribution in [2.24, 2.45) is 17.6 Å². The van der Waals surface area contributed by atoms with Crippen molar-refractivity contribution < 1.29 is 81.8 Å². The zero-order chi connectivity index (χ0) is 55.7. The van der Waals surface area contributed by atoms with Crippen LogP contribution < -0.4 is 58.1 Å². The Morgan fingerprint density at radius 3 is 2.04 bits per heavy atom. The number of thioether (sulfide) groups is 1. The van der Waals surface area contributed by atoms with Crippen molar-refractivity contribution in [2.45, 2.75) is 134 Å². The number of urea groups is 1. The van der Waals surface area contributed by atoms with Crippen LogP contribution in [-0.2, 0) is 58.9 Å². The maximum atomic E-state index is 14.4. The number of amides is 9. The van der Waals surface area contributed by atoms with Gasteiger partial charge in [0.25, 0.3) is 0 Å². The average Bonchev–Trinajstić information content (AvgIpc) is 3.30.